The van der Waals surface area contributed by atoms with Crippen molar-refractivity contribution >= 4 is 0 Å². The highest BCUT2D eigenvalue weighted by Gasteiger charge is 2.09. The lowest BCUT2D eigenvalue weighted by atomic mass is 9.89. The molecule has 0 amide bonds. The summed E-state index contributed by atoms with van der Waals surface area (Å²) in [5.41, 5.74) is 2.78. The Hall–Kier alpha value is -0.520. The van der Waals surface area contributed by atoms with Crippen LogP contribution in [-0.2, 0) is 0 Å². The molecule has 0 heteroatoms. The van der Waals surface area contributed by atoms with Crippen LogP contribution in [0.15, 0.2) is 23.8 Å². The Bertz CT molecular complexity index is 151. The van der Waals surface area contributed by atoms with Crippen LogP contribution in [0.1, 0.15) is 26.7 Å². The van der Waals surface area contributed by atoms with Crippen LogP contribution < -0.4 is 0 Å². The maximum Gasteiger partial charge on any atom is -0.0256 e. The van der Waals surface area contributed by atoms with Gasteiger partial charge in [-0.15, -0.1) is 0 Å². The number of allylic oxidation sites excluding steroid dienone is 3. The molecule has 9 heavy (non-hydrogen) atoms. The van der Waals surface area contributed by atoms with Gasteiger partial charge < -0.3 is 0 Å². The highest BCUT2D eigenvalue weighted by atomic mass is 14.1. The van der Waals surface area contributed by atoms with Crippen molar-refractivity contribution in [1.82, 2.24) is 0 Å². The summed E-state index contributed by atoms with van der Waals surface area (Å²) in [6, 6.07) is 0. The Morgan fingerprint density at radius 1 is 1.56 bits per heavy atom. The quantitative estimate of drug-likeness (QED) is 0.463. The summed E-state index contributed by atoms with van der Waals surface area (Å²) in [7, 11) is 0. The monoisotopic (exact) mass is 122 g/mol. The molecule has 1 aliphatic rings. The van der Waals surface area contributed by atoms with Gasteiger partial charge in [-0.2, -0.15) is 0 Å². The molecule has 0 aromatic carbocycles. The molecular formula is C9H14. The predicted octanol–water partition coefficient (Wildman–Crippen LogP) is 2.92. The molecule has 0 fully saturated rings. The highest BCUT2D eigenvalue weighted by Crippen LogP contribution is 2.25. The Labute approximate surface area is 57.3 Å². The summed E-state index contributed by atoms with van der Waals surface area (Å²) in [4.78, 5) is 0. The van der Waals surface area contributed by atoms with Gasteiger partial charge >= 0.3 is 0 Å². The minimum atomic E-state index is 0.822. The van der Waals surface area contributed by atoms with E-state index in [0.717, 1.165) is 5.92 Å². The standard InChI is InChI=1S/C9H14/c1-7-4-8(2)6-9(3)5-7/h4,9H,1,5-6H2,2-3H3. The van der Waals surface area contributed by atoms with Crippen molar-refractivity contribution in [3.05, 3.63) is 23.8 Å². The van der Waals surface area contributed by atoms with Gasteiger partial charge in [-0.25, -0.2) is 0 Å². The summed E-state index contributed by atoms with van der Waals surface area (Å²) in [5.74, 6) is 0.822. The van der Waals surface area contributed by atoms with Gasteiger partial charge in [-0.1, -0.05) is 30.7 Å². The van der Waals surface area contributed by atoms with Crippen LogP contribution >= 0.6 is 0 Å². The van der Waals surface area contributed by atoms with Crippen LogP contribution in [0.25, 0.3) is 0 Å². The highest BCUT2D eigenvalue weighted by molar-refractivity contribution is 5.23. The first kappa shape index (κ1) is 6.60. The van der Waals surface area contributed by atoms with Gasteiger partial charge in [0.15, 0.2) is 0 Å². The van der Waals surface area contributed by atoms with Crippen LogP contribution in [-0.4, -0.2) is 0 Å². The lowest BCUT2D eigenvalue weighted by molar-refractivity contribution is 0.560. The third kappa shape index (κ3) is 1.70. The van der Waals surface area contributed by atoms with Gasteiger partial charge in [0, 0.05) is 0 Å². The van der Waals surface area contributed by atoms with Gasteiger partial charge in [0.05, 0.1) is 0 Å². The average molecular weight is 122 g/mol. The van der Waals surface area contributed by atoms with Gasteiger partial charge in [0.1, 0.15) is 0 Å². The van der Waals surface area contributed by atoms with Crippen molar-refractivity contribution < 1.29 is 0 Å². The smallest absolute Gasteiger partial charge is 0.0256 e. The van der Waals surface area contributed by atoms with Crippen molar-refractivity contribution in [3.8, 4) is 0 Å². The average Bonchev–Trinajstić information content (AvgIpc) is 1.59. The first-order valence-electron chi connectivity index (χ1n) is 3.53. The zero-order valence-electron chi connectivity index (χ0n) is 6.28. The maximum absolute atomic E-state index is 3.94. The van der Waals surface area contributed by atoms with Gasteiger partial charge in [-0.3, -0.25) is 0 Å². The lowest BCUT2D eigenvalue weighted by Crippen LogP contribution is -2.01. The van der Waals surface area contributed by atoms with Crippen LogP contribution in [0.3, 0.4) is 0 Å². The minimum Gasteiger partial charge on any atom is -0.0958 e. The molecule has 0 saturated heterocycles. The van der Waals surface area contributed by atoms with E-state index in [2.05, 4.69) is 26.5 Å². The third-order valence-electron chi connectivity index (χ3n) is 1.73. The van der Waals surface area contributed by atoms with Crippen molar-refractivity contribution in [1.29, 1.82) is 0 Å². The number of hydrogen-bond donors (Lipinski definition) is 0. The summed E-state index contributed by atoms with van der Waals surface area (Å²) in [5, 5.41) is 0. The van der Waals surface area contributed by atoms with Crippen molar-refractivity contribution in [2.75, 3.05) is 0 Å². The zero-order chi connectivity index (χ0) is 6.85. The van der Waals surface area contributed by atoms with E-state index in [1.54, 1.807) is 0 Å². The van der Waals surface area contributed by atoms with E-state index in [-0.39, 0.29) is 0 Å². The molecule has 0 bridgehead atoms. The molecule has 50 valence electrons. The second kappa shape index (κ2) is 2.38. The van der Waals surface area contributed by atoms with E-state index in [1.165, 1.54) is 24.0 Å². The Balaban J connectivity index is 2.67. The molecule has 1 atom stereocenters. The molecule has 0 aromatic heterocycles. The molecule has 0 heterocycles. The third-order valence-corrected chi connectivity index (χ3v) is 1.73. The molecule has 0 nitrogen and oxygen atoms in total. The molecule has 0 radical (unpaired) electrons. The first-order chi connectivity index (χ1) is 4.18. The summed E-state index contributed by atoms with van der Waals surface area (Å²) in [6.45, 7) is 8.40. The molecule has 0 aliphatic heterocycles. The Morgan fingerprint density at radius 2 is 2.22 bits per heavy atom. The largest absolute Gasteiger partial charge is 0.0958 e. The van der Waals surface area contributed by atoms with Crippen molar-refractivity contribution in [3.63, 3.8) is 0 Å². The Morgan fingerprint density at radius 3 is 2.67 bits per heavy atom. The normalized spacial score (nSPS) is 28.0. The van der Waals surface area contributed by atoms with Crippen LogP contribution in [0.2, 0.25) is 0 Å². The molecule has 1 rings (SSSR count). The summed E-state index contributed by atoms with van der Waals surface area (Å²) < 4.78 is 0. The van der Waals surface area contributed by atoms with Crippen molar-refractivity contribution in [2.45, 2.75) is 26.7 Å². The van der Waals surface area contributed by atoms with E-state index in [1.807, 2.05) is 0 Å². The molecule has 0 N–H and O–H groups in total. The minimum absolute atomic E-state index is 0.822. The van der Waals surface area contributed by atoms with E-state index in [4.69, 9.17) is 0 Å². The van der Waals surface area contributed by atoms with Crippen LogP contribution in [0.5, 0.6) is 0 Å². The Kier molecular flexibility index (Phi) is 1.75. The fourth-order valence-electron chi connectivity index (χ4n) is 1.54. The van der Waals surface area contributed by atoms with Crippen molar-refractivity contribution in [2.24, 2.45) is 5.92 Å². The van der Waals surface area contributed by atoms with Crippen LogP contribution in [0.4, 0.5) is 0 Å². The fraction of sp³-hybridized carbons (Fsp3) is 0.556. The van der Waals surface area contributed by atoms with Gasteiger partial charge in [0.25, 0.3) is 0 Å². The van der Waals surface area contributed by atoms with E-state index < -0.39 is 0 Å². The summed E-state index contributed by atoms with van der Waals surface area (Å²) in [6.07, 6.45) is 4.66. The lowest BCUT2D eigenvalue weighted by Gasteiger charge is -2.17. The maximum atomic E-state index is 3.94. The fourth-order valence-corrected chi connectivity index (χ4v) is 1.54. The second-order valence-electron chi connectivity index (χ2n) is 3.16. The zero-order valence-corrected chi connectivity index (χ0v) is 6.28. The molecule has 0 saturated carbocycles. The van der Waals surface area contributed by atoms with Gasteiger partial charge in [0.2, 0.25) is 0 Å². The second-order valence-corrected chi connectivity index (χ2v) is 3.16. The van der Waals surface area contributed by atoms with Crippen LogP contribution in [0, 0.1) is 5.92 Å². The molecule has 1 aliphatic carbocycles. The predicted molar refractivity (Wildman–Crippen MR) is 41.3 cm³/mol. The molecular weight excluding hydrogens is 108 g/mol. The first-order valence-corrected chi connectivity index (χ1v) is 3.53. The topological polar surface area (TPSA) is 0 Å². The number of rotatable bonds is 0. The van der Waals surface area contributed by atoms with E-state index >= 15 is 0 Å². The summed E-state index contributed by atoms with van der Waals surface area (Å²) >= 11 is 0. The molecule has 0 aromatic rings. The van der Waals surface area contributed by atoms with E-state index in [0.29, 0.717) is 0 Å². The SMILES string of the molecule is C=C1C=C(C)CC(C)C1. The number of hydrogen-bond acceptors (Lipinski definition) is 0. The molecule has 0 spiro atoms. The van der Waals surface area contributed by atoms with E-state index in [9.17, 15) is 0 Å². The van der Waals surface area contributed by atoms with Gasteiger partial charge in [-0.05, 0) is 25.7 Å². The molecule has 1 unspecified atom stereocenters.